The number of methoxy groups -OCH3 is 1. The summed E-state index contributed by atoms with van der Waals surface area (Å²) in [5.74, 6) is -3.05. The number of piperidine rings is 1. The Bertz CT molecular complexity index is 1140. The summed E-state index contributed by atoms with van der Waals surface area (Å²) < 4.78 is 62.5. The number of halogens is 4. The van der Waals surface area contributed by atoms with E-state index < -0.39 is 41.1 Å². The van der Waals surface area contributed by atoms with E-state index >= 15 is 4.39 Å². The molecule has 0 radical (unpaired) electrons. The number of nitrogens with zero attached hydrogens (tertiary/aromatic N) is 4. The molecule has 2 amide bonds. The van der Waals surface area contributed by atoms with Gasteiger partial charge in [0.1, 0.15) is 0 Å². The van der Waals surface area contributed by atoms with Crippen LogP contribution in [0.3, 0.4) is 0 Å². The minimum absolute atomic E-state index is 0.00829. The second-order valence-electron chi connectivity index (χ2n) is 11.6. The monoisotopic (exact) mass is 586 g/mol. The van der Waals surface area contributed by atoms with Crippen LogP contribution in [-0.4, -0.2) is 117 Å². The van der Waals surface area contributed by atoms with Crippen LogP contribution in [0.25, 0.3) is 0 Å². The van der Waals surface area contributed by atoms with E-state index in [0.717, 1.165) is 12.1 Å². The first kappa shape index (κ1) is 31.0. The zero-order valence-corrected chi connectivity index (χ0v) is 23.6. The zero-order valence-electron chi connectivity index (χ0n) is 23.6. The number of likely N-dealkylation sites (N-methyl/N-ethyl adjacent to an activating group) is 1. The molecule has 0 spiro atoms. The number of ether oxygens (including phenoxy) is 1. The van der Waals surface area contributed by atoms with Gasteiger partial charge in [0.2, 0.25) is 11.6 Å². The fourth-order valence-corrected chi connectivity index (χ4v) is 6.22. The van der Waals surface area contributed by atoms with Gasteiger partial charge in [-0.25, -0.2) is 4.39 Å². The van der Waals surface area contributed by atoms with Crippen LogP contribution in [0.15, 0.2) is 18.2 Å². The molecule has 3 atom stereocenters. The molecule has 3 aliphatic heterocycles. The number of carboxylic acid groups (broad SMARTS) is 1. The Morgan fingerprint density at radius 2 is 1.80 bits per heavy atom. The number of carboxylic acids is 1. The summed E-state index contributed by atoms with van der Waals surface area (Å²) in [7, 11) is 4.71. The van der Waals surface area contributed by atoms with E-state index in [2.05, 4.69) is 0 Å². The molecule has 41 heavy (non-hydrogen) atoms. The zero-order chi connectivity index (χ0) is 30.1. The van der Waals surface area contributed by atoms with Gasteiger partial charge in [0.25, 0.3) is 5.91 Å². The van der Waals surface area contributed by atoms with E-state index in [4.69, 9.17) is 4.74 Å². The third-order valence-corrected chi connectivity index (χ3v) is 8.59. The van der Waals surface area contributed by atoms with Crippen LogP contribution in [0.4, 0.5) is 23.2 Å². The van der Waals surface area contributed by atoms with Crippen molar-refractivity contribution in [1.29, 1.82) is 0 Å². The molecule has 13 heteroatoms. The quantitative estimate of drug-likeness (QED) is 0.469. The van der Waals surface area contributed by atoms with Crippen LogP contribution in [-0.2, 0) is 25.3 Å². The van der Waals surface area contributed by atoms with Crippen LogP contribution in [0, 0.1) is 11.8 Å². The van der Waals surface area contributed by atoms with Crippen molar-refractivity contribution in [2.75, 3.05) is 78.5 Å². The lowest BCUT2D eigenvalue weighted by molar-refractivity contribution is -0.143. The summed E-state index contributed by atoms with van der Waals surface area (Å²) in [6, 6.07) is 3.54. The predicted molar refractivity (Wildman–Crippen MR) is 142 cm³/mol. The van der Waals surface area contributed by atoms with Crippen LogP contribution in [0.1, 0.15) is 36.3 Å². The van der Waals surface area contributed by atoms with E-state index in [0.29, 0.717) is 24.1 Å². The molecule has 0 aromatic heterocycles. The fourth-order valence-electron chi connectivity index (χ4n) is 6.22. The molecule has 4 rings (SSSR count). The Balaban J connectivity index is 1.58. The molecule has 228 valence electrons. The lowest BCUT2D eigenvalue weighted by Crippen LogP contribution is -2.48. The molecule has 1 N–H and O–H groups in total. The highest BCUT2D eigenvalue weighted by Crippen LogP contribution is 2.43. The van der Waals surface area contributed by atoms with Crippen molar-refractivity contribution in [2.24, 2.45) is 11.8 Å². The molecule has 0 unspecified atom stereocenters. The molecular formula is C28H38F4N4O5. The SMILES string of the molecule is COC[C@H]1CN(C(=O)[C@@]2(F)CCN(CC(=O)N(C)C)C2)C[C@@H]1c1ccc(C(F)(F)F)cc1N1CCC(C(=O)O)CC1. The summed E-state index contributed by atoms with van der Waals surface area (Å²) in [6.45, 7) is 1.14. The summed E-state index contributed by atoms with van der Waals surface area (Å²) in [4.78, 5) is 43.3. The Morgan fingerprint density at radius 3 is 2.39 bits per heavy atom. The second-order valence-corrected chi connectivity index (χ2v) is 11.6. The van der Waals surface area contributed by atoms with Gasteiger partial charge in [-0.3, -0.25) is 19.3 Å². The highest BCUT2D eigenvalue weighted by atomic mass is 19.4. The molecule has 9 nitrogen and oxygen atoms in total. The van der Waals surface area contributed by atoms with Crippen LogP contribution < -0.4 is 4.90 Å². The average Bonchev–Trinajstić information content (AvgIpc) is 3.51. The fraction of sp³-hybridized carbons (Fsp3) is 0.679. The first-order valence-corrected chi connectivity index (χ1v) is 13.8. The predicted octanol–water partition coefficient (Wildman–Crippen LogP) is 2.70. The number of hydrogen-bond donors (Lipinski definition) is 1. The number of likely N-dealkylation sites (tertiary alicyclic amines) is 2. The summed E-state index contributed by atoms with van der Waals surface area (Å²) >= 11 is 0. The number of aliphatic carboxylic acids is 1. The number of rotatable bonds is 8. The normalized spacial score (nSPS) is 26.0. The van der Waals surface area contributed by atoms with Gasteiger partial charge < -0.3 is 24.5 Å². The highest BCUT2D eigenvalue weighted by molar-refractivity contribution is 5.86. The van der Waals surface area contributed by atoms with E-state index in [9.17, 15) is 32.7 Å². The Morgan fingerprint density at radius 1 is 1.12 bits per heavy atom. The van der Waals surface area contributed by atoms with Crippen molar-refractivity contribution in [2.45, 2.75) is 37.0 Å². The van der Waals surface area contributed by atoms with E-state index in [1.54, 1.807) is 23.9 Å². The Kier molecular flexibility index (Phi) is 9.17. The van der Waals surface area contributed by atoms with Crippen LogP contribution >= 0.6 is 0 Å². The summed E-state index contributed by atoms with van der Waals surface area (Å²) in [5, 5.41) is 9.37. The van der Waals surface area contributed by atoms with Gasteiger partial charge in [0.15, 0.2) is 0 Å². The number of carbonyl (C=O) groups excluding carboxylic acids is 2. The van der Waals surface area contributed by atoms with Gasteiger partial charge in [-0.2, -0.15) is 13.2 Å². The van der Waals surface area contributed by atoms with E-state index in [1.165, 1.54) is 23.0 Å². The van der Waals surface area contributed by atoms with Crippen molar-refractivity contribution in [3.05, 3.63) is 29.3 Å². The molecule has 1 aromatic rings. The standard InChI is InChI=1S/C28H38F4N4O5/c1-33(2)24(37)15-34-11-8-27(29,17-34)26(40)36-13-19(16-41-3)22(14-36)21-5-4-20(28(30,31)32)12-23(21)35-9-6-18(7-10-35)25(38)39/h4-5,12,18-19,22H,6-11,13-17H2,1-3H3,(H,38,39)/t19-,22+,27-/m1/s1. The van der Waals surface area contributed by atoms with E-state index in [1.807, 2.05) is 0 Å². The maximum absolute atomic E-state index is 16.0. The largest absolute Gasteiger partial charge is 0.481 e. The van der Waals surface area contributed by atoms with Crippen molar-refractivity contribution in [3.63, 3.8) is 0 Å². The number of hydrogen-bond acceptors (Lipinski definition) is 6. The molecule has 3 aliphatic rings. The average molecular weight is 587 g/mol. The minimum atomic E-state index is -4.57. The van der Waals surface area contributed by atoms with Crippen LogP contribution in [0.5, 0.6) is 0 Å². The molecule has 3 heterocycles. The first-order valence-electron chi connectivity index (χ1n) is 13.8. The third-order valence-electron chi connectivity index (χ3n) is 8.59. The smallest absolute Gasteiger partial charge is 0.416 e. The van der Waals surface area contributed by atoms with Gasteiger partial charge in [-0.1, -0.05) is 6.07 Å². The molecule has 0 bridgehead atoms. The molecule has 0 saturated carbocycles. The molecule has 3 fully saturated rings. The number of amides is 2. The van der Waals surface area contributed by atoms with Gasteiger partial charge in [0, 0.05) is 84.4 Å². The maximum atomic E-state index is 16.0. The number of carbonyl (C=O) groups is 3. The van der Waals surface area contributed by atoms with Gasteiger partial charge >= 0.3 is 12.1 Å². The summed E-state index contributed by atoms with van der Waals surface area (Å²) in [5.41, 5.74) is -2.03. The molecule has 3 saturated heterocycles. The Labute approximate surface area is 237 Å². The Hall–Kier alpha value is -2.93. The topological polar surface area (TPSA) is 93.6 Å². The summed E-state index contributed by atoms with van der Waals surface area (Å²) in [6.07, 6.45) is -4.01. The van der Waals surface area contributed by atoms with Crippen molar-refractivity contribution >= 4 is 23.5 Å². The van der Waals surface area contributed by atoms with Gasteiger partial charge in [-0.15, -0.1) is 0 Å². The van der Waals surface area contributed by atoms with E-state index in [-0.39, 0.29) is 70.7 Å². The lowest BCUT2D eigenvalue weighted by Gasteiger charge is -2.35. The number of anilines is 1. The third kappa shape index (κ3) is 6.77. The molecule has 0 aliphatic carbocycles. The first-order chi connectivity index (χ1) is 19.2. The van der Waals surface area contributed by atoms with Gasteiger partial charge in [-0.05, 0) is 30.5 Å². The highest BCUT2D eigenvalue weighted by Gasteiger charge is 2.50. The molecule has 1 aromatic carbocycles. The van der Waals surface area contributed by atoms with Crippen molar-refractivity contribution < 1.29 is 41.8 Å². The van der Waals surface area contributed by atoms with Crippen LogP contribution in [0.2, 0.25) is 0 Å². The molecular weight excluding hydrogens is 548 g/mol. The minimum Gasteiger partial charge on any atom is -0.481 e. The van der Waals surface area contributed by atoms with Crippen molar-refractivity contribution in [1.82, 2.24) is 14.7 Å². The second kappa shape index (κ2) is 12.1. The number of benzene rings is 1. The number of alkyl halides is 4. The maximum Gasteiger partial charge on any atom is 0.416 e. The van der Waals surface area contributed by atoms with Gasteiger partial charge in [0.05, 0.1) is 24.6 Å². The lowest BCUT2D eigenvalue weighted by atomic mass is 9.86. The van der Waals surface area contributed by atoms with Crippen molar-refractivity contribution in [3.8, 4) is 0 Å².